The third-order valence-electron chi connectivity index (χ3n) is 1.19. The van der Waals surface area contributed by atoms with E-state index in [1.165, 1.54) is 6.08 Å². The molecule has 6 heteroatoms. The van der Waals surface area contributed by atoms with Crippen LogP contribution < -0.4 is 0 Å². The third-order valence-corrected chi connectivity index (χ3v) is 2.49. The lowest BCUT2D eigenvalue weighted by Gasteiger charge is -2.07. The Hall–Kier alpha value is -0.0200. The molecule has 0 bridgehead atoms. The van der Waals surface area contributed by atoms with Crippen molar-refractivity contribution >= 4 is 58.1 Å². The molecule has 0 N–H and O–H groups in total. The van der Waals surface area contributed by atoms with Gasteiger partial charge in [-0.3, -0.25) is 4.79 Å². The quantitative estimate of drug-likeness (QED) is 0.603. The summed E-state index contributed by atoms with van der Waals surface area (Å²) in [6.07, 6.45) is 1.26. The molecule has 0 aliphatic heterocycles. The van der Waals surface area contributed by atoms with Gasteiger partial charge in [-0.2, -0.15) is 4.51 Å². The van der Waals surface area contributed by atoms with Crippen molar-refractivity contribution in [2.24, 2.45) is 4.51 Å². The van der Waals surface area contributed by atoms with Crippen molar-refractivity contribution in [1.29, 1.82) is 0 Å². The molecule has 0 fully saturated rings. The van der Waals surface area contributed by atoms with E-state index >= 15 is 0 Å². The predicted molar refractivity (Wildman–Crippen MR) is 51.0 cm³/mol. The molecule has 0 saturated heterocycles. The lowest BCUT2D eigenvalue weighted by molar-refractivity contribution is -0.111. The van der Waals surface area contributed by atoms with Crippen LogP contribution in [0.1, 0.15) is 0 Å². The Kier molecular flexibility index (Phi) is 3.18. The minimum atomic E-state index is -0.521. The summed E-state index contributed by atoms with van der Waals surface area (Å²) < 4.78 is 3.27. The Bertz CT molecular complexity index is 328. The van der Waals surface area contributed by atoms with Crippen LogP contribution >= 0.6 is 46.6 Å². The van der Waals surface area contributed by atoms with E-state index in [1.807, 2.05) is 0 Å². The molecule has 0 aromatic carbocycles. The molecule has 2 nitrogen and oxygen atoms in total. The Morgan fingerprint density at radius 2 is 1.75 bits per heavy atom. The van der Waals surface area contributed by atoms with Crippen molar-refractivity contribution in [2.75, 3.05) is 0 Å². The highest BCUT2D eigenvalue weighted by Crippen LogP contribution is 2.27. The number of ketones is 1. The first-order valence-electron chi connectivity index (χ1n) is 2.74. The lowest BCUT2D eigenvalue weighted by atomic mass is 10.1. The Morgan fingerprint density at radius 1 is 1.17 bits per heavy atom. The van der Waals surface area contributed by atoms with Gasteiger partial charge in [0.1, 0.15) is 5.03 Å². The molecule has 0 unspecified atom stereocenters. The minimum absolute atomic E-state index is 0.0149. The van der Waals surface area contributed by atoms with Crippen LogP contribution in [0.2, 0.25) is 0 Å². The summed E-state index contributed by atoms with van der Waals surface area (Å²) in [5.41, 5.74) is 0.188. The Morgan fingerprint density at radius 3 is 2.25 bits per heavy atom. The Labute approximate surface area is 88.6 Å². The van der Waals surface area contributed by atoms with Gasteiger partial charge >= 0.3 is 0 Å². The average molecular weight is 245 g/mol. The zero-order valence-electron chi connectivity index (χ0n) is 5.44. The topological polar surface area (TPSA) is 29.4 Å². The number of allylic oxidation sites excluding steroid dienone is 4. The van der Waals surface area contributed by atoms with E-state index in [0.717, 1.165) is 0 Å². The molecule has 0 aromatic heterocycles. The molecule has 1 aliphatic carbocycles. The van der Waals surface area contributed by atoms with Gasteiger partial charge in [0, 0.05) is 11.8 Å². The molecule has 0 heterocycles. The highest BCUT2D eigenvalue weighted by atomic mass is 35.5. The SMILES string of the molecule is O=C1C(Cl)=C/C(=N/Cl)C(Cl)=C1Cl. The largest absolute Gasteiger partial charge is 0.287 e. The fourth-order valence-corrected chi connectivity index (χ4v) is 1.43. The van der Waals surface area contributed by atoms with Crippen LogP contribution in [0.3, 0.4) is 0 Å². The van der Waals surface area contributed by atoms with Gasteiger partial charge in [-0.1, -0.05) is 34.8 Å². The highest BCUT2D eigenvalue weighted by molar-refractivity contribution is 6.64. The van der Waals surface area contributed by atoms with Crippen LogP contribution in [0.4, 0.5) is 0 Å². The number of hydrogen-bond donors (Lipinski definition) is 0. The van der Waals surface area contributed by atoms with Crippen LogP contribution in [-0.2, 0) is 4.79 Å². The molecular weight excluding hydrogens is 244 g/mol. The first-order chi connectivity index (χ1) is 5.57. The number of carbonyl (C=O) groups is 1. The monoisotopic (exact) mass is 243 g/mol. The predicted octanol–water partition coefficient (Wildman–Crippen LogP) is 2.98. The number of halogens is 4. The molecule has 0 aromatic rings. The van der Waals surface area contributed by atoms with Crippen molar-refractivity contribution in [1.82, 2.24) is 0 Å². The summed E-state index contributed by atoms with van der Waals surface area (Å²) in [5.74, 6) is -0.521. The van der Waals surface area contributed by atoms with E-state index in [-0.39, 0.29) is 20.8 Å². The van der Waals surface area contributed by atoms with Gasteiger partial charge in [0.15, 0.2) is 0 Å². The number of Topliss-reactive ketones (excluding diaryl/α,β-unsaturated/α-hetero) is 1. The maximum atomic E-state index is 11.0. The maximum absolute atomic E-state index is 11.0. The Balaban J connectivity index is 3.24. The molecule has 0 spiro atoms. The van der Waals surface area contributed by atoms with Crippen molar-refractivity contribution < 1.29 is 4.79 Å². The standard InChI is InChI=1S/C6HCl4NO/c7-2-1-3(11-10)4(8)5(9)6(2)12/h1H/b11-3-. The zero-order valence-corrected chi connectivity index (χ0v) is 8.47. The van der Waals surface area contributed by atoms with Crippen LogP contribution in [0, 0.1) is 0 Å². The average Bonchev–Trinajstić information content (AvgIpc) is 2.08. The maximum Gasteiger partial charge on any atom is 0.217 e. The van der Waals surface area contributed by atoms with E-state index in [1.54, 1.807) is 0 Å². The molecule has 64 valence electrons. The van der Waals surface area contributed by atoms with E-state index in [4.69, 9.17) is 46.6 Å². The van der Waals surface area contributed by atoms with Gasteiger partial charge in [-0.05, 0) is 6.08 Å². The van der Waals surface area contributed by atoms with Gasteiger partial charge in [-0.25, -0.2) is 0 Å². The summed E-state index contributed by atoms with van der Waals surface area (Å²) in [6, 6.07) is 0. The highest BCUT2D eigenvalue weighted by Gasteiger charge is 2.23. The van der Waals surface area contributed by atoms with Gasteiger partial charge in [0.05, 0.1) is 15.8 Å². The summed E-state index contributed by atoms with van der Waals surface area (Å²) >= 11 is 21.8. The van der Waals surface area contributed by atoms with Crippen molar-refractivity contribution in [3.05, 3.63) is 21.2 Å². The van der Waals surface area contributed by atoms with E-state index in [0.29, 0.717) is 0 Å². The second-order valence-corrected chi connectivity index (χ2v) is 3.25. The summed E-state index contributed by atoms with van der Waals surface area (Å²) in [6.45, 7) is 0. The molecular formula is C6HCl4NO. The number of nitrogens with zero attached hydrogens (tertiary/aromatic N) is 1. The van der Waals surface area contributed by atoms with E-state index in [2.05, 4.69) is 4.51 Å². The second kappa shape index (κ2) is 3.79. The van der Waals surface area contributed by atoms with Crippen LogP contribution in [0.25, 0.3) is 0 Å². The fraction of sp³-hybridized carbons (Fsp3) is 0. The van der Waals surface area contributed by atoms with Gasteiger partial charge < -0.3 is 0 Å². The first kappa shape index (κ1) is 10.1. The normalized spacial score (nSPS) is 21.8. The van der Waals surface area contributed by atoms with Crippen LogP contribution in [0.15, 0.2) is 25.7 Å². The van der Waals surface area contributed by atoms with Crippen LogP contribution in [0.5, 0.6) is 0 Å². The number of rotatable bonds is 0. The number of hydrogen-bond acceptors (Lipinski definition) is 2. The van der Waals surface area contributed by atoms with Gasteiger partial charge in [0.25, 0.3) is 0 Å². The van der Waals surface area contributed by atoms with Crippen molar-refractivity contribution in [3.63, 3.8) is 0 Å². The summed E-state index contributed by atoms with van der Waals surface area (Å²) in [5, 5.41) is -0.201. The molecule has 12 heavy (non-hydrogen) atoms. The van der Waals surface area contributed by atoms with E-state index in [9.17, 15) is 4.79 Å². The molecule has 0 amide bonds. The fourth-order valence-electron chi connectivity index (χ4n) is 0.627. The molecule has 1 rings (SSSR count). The molecule has 0 saturated carbocycles. The van der Waals surface area contributed by atoms with Gasteiger partial charge in [-0.15, -0.1) is 0 Å². The summed E-state index contributed by atoms with van der Waals surface area (Å²) in [7, 11) is 0. The second-order valence-electron chi connectivity index (χ2n) is 1.92. The third kappa shape index (κ3) is 1.67. The molecule has 0 atom stereocenters. The smallest absolute Gasteiger partial charge is 0.217 e. The van der Waals surface area contributed by atoms with E-state index < -0.39 is 5.78 Å². The van der Waals surface area contributed by atoms with Crippen molar-refractivity contribution in [2.45, 2.75) is 0 Å². The summed E-state index contributed by atoms with van der Waals surface area (Å²) in [4.78, 5) is 11.0. The van der Waals surface area contributed by atoms with Crippen molar-refractivity contribution in [3.8, 4) is 0 Å². The lowest BCUT2D eigenvalue weighted by Crippen LogP contribution is -2.11. The number of carbonyl (C=O) groups excluding carboxylic acids is 1. The molecule has 0 radical (unpaired) electrons. The first-order valence-corrected chi connectivity index (χ1v) is 4.21. The van der Waals surface area contributed by atoms with Gasteiger partial charge in [0.2, 0.25) is 5.78 Å². The van der Waals surface area contributed by atoms with Crippen LogP contribution in [-0.4, -0.2) is 11.5 Å². The minimum Gasteiger partial charge on any atom is -0.287 e. The zero-order chi connectivity index (χ0) is 9.30. The molecule has 1 aliphatic rings.